The third-order valence-corrected chi connectivity index (χ3v) is 1.28. The van der Waals surface area contributed by atoms with Gasteiger partial charge in [-0.3, -0.25) is 15.1 Å². The van der Waals surface area contributed by atoms with E-state index in [1.807, 2.05) is 19.1 Å². The maximum atomic E-state index is 9.95. The molecule has 0 amide bonds. The summed E-state index contributed by atoms with van der Waals surface area (Å²) in [6, 6.07) is 5.36. The van der Waals surface area contributed by atoms with E-state index in [0.29, 0.717) is 5.69 Å². The van der Waals surface area contributed by atoms with Gasteiger partial charge in [0.2, 0.25) is 6.20 Å². The fourth-order valence-corrected chi connectivity index (χ4v) is 0.794. The van der Waals surface area contributed by atoms with Crippen molar-refractivity contribution < 1.29 is 4.92 Å². The van der Waals surface area contributed by atoms with Crippen LogP contribution in [0.5, 0.6) is 0 Å². The summed E-state index contributed by atoms with van der Waals surface area (Å²) in [5.41, 5.74) is 1.45. The van der Waals surface area contributed by atoms with Crippen LogP contribution in [0.25, 0.3) is 6.08 Å². The lowest BCUT2D eigenvalue weighted by Gasteiger charge is -1.91. The van der Waals surface area contributed by atoms with Crippen LogP contribution < -0.4 is 0 Å². The zero-order valence-corrected chi connectivity index (χ0v) is 6.60. The van der Waals surface area contributed by atoms with Crippen molar-refractivity contribution in [2.45, 2.75) is 6.92 Å². The van der Waals surface area contributed by atoms with E-state index in [1.54, 1.807) is 6.07 Å². The number of aryl methyl sites for hydroxylation is 1. The molecule has 12 heavy (non-hydrogen) atoms. The Bertz CT molecular complexity index is 321. The van der Waals surface area contributed by atoms with Gasteiger partial charge < -0.3 is 0 Å². The molecule has 0 saturated heterocycles. The van der Waals surface area contributed by atoms with E-state index in [4.69, 9.17) is 0 Å². The summed E-state index contributed by atoms with van der Waals surface area (Å²) in [5, 5.41) is 9.95. The molecule has 0 N–H and O–H groups in total. The van der Waals surface area contributed by atoms with Crippen molar-refractivity contribution in [2.75, 3.05) is 0 Å². The van der Waals surface area contributed by atoms with Gasteiger partial charge in [0.25, 0.3) is 0 Å². The van der Waals surface area contributed by atoms with Crippen LogP contribution >= 0.6 is 0 Å². The number of pyridine rings is 1. The molecule has 4 heteroatoms. The molecular weight excluding hydrogens is 156 g/mol. The monoisotopic (exact) mass is 164 g/mol. The second-order valence-electron chi connectivity index (χ2n) is 2.30. The maximum Gasteiger partial charge on any atom is 0.236 e. The summed E-state index contributed by atoms with van der Waals surface area (Å²) in [7, 11) is 0. The minimum Gasteiger partial charge on any atom is -0.259 e. The van der Waals surface area contributed by atoms with Gasteiger partial charge in [-0.05, 0) is 19.1 Å². The van der Waals surface area contributed by atoms with E-state index in [1.165, 1.54) is 6.08 Å². The van der Waals surface area contributed by atoms with Crippen molar-refractivity contribution in [3.05, 3.63) is 45.9 Å². The molecule has 1 aromatic rings. The molecule has 0 aliphatic rings. The predicted octanol–water partition coefficient (Wildman–Crippen LogP) is 1.64. The van der Waals surface area contributed by atoms with Gasteiger partial charge in [-0.2, -0.15) is 0 Å². The van der Waals surface area contributed by atoms with Gasteiger partial charge in [-0.25, -0.2) is 0 Å². The van der Waals surface area contributed by atoms with Crippen molar-refractivity contribution in [1.82, 2.24) is 4.98 Å². The molecule has 4 nitrogen and oxygen atoms in total. The molecule has 1 aromatic heterocycles. The molecule has 0 saturated carbocycles. The zero-order chi connectivity index (χ0) is 8.97. The van der Waals surface area contributed by atoms with E-state index in [0.717, 1.165) is 11.9 Å². The Morgan fingerprint density at radius 2 is 2.33 bits per heavy atom. The second-order valence-corrected chi connectivity index (χ2v) is 2.30. The zero-order valence-electron chi connectivity index (χ0n) is 6.60. The topological polar surface area (TPSA) is 56.0 Å². The fourth-order valence-electron chi connectivity index (χ4n) is 0.794. The van der Waals surface area contributed by atoms with E-state index >= 15 is 0 Å². The highest BCUT2D eigenvalue weighted by molar-refractivity contribution is 5.42. The minimum absolute atomic E-state index is 0.510. The summed E-state index contributed by atoms with van der Waals surface area (Å²) >= 11 is 0. The van der Waals surface area contributed by atoms with E-state index < -0.39 is 4.92 Å². The summed E-state index contributed by atoms with van der Waals surface area (Å²) in [6.07, 6.45) is 2.24. The molecule has 0 aliphatic carbocycles. The van der Waals surface area contributed by atoms with Crippen LogP contribution in [0, 0.1) is 17.0 Å². The molecule has 0 fully saturated rings. The van der Waals surface area contributed by atoms with E-state index in [-0.39, 0.29) is 0 Å². The molecule has 0 atom stereocenters. The molecule has 1 rings (SSSR count). The molecule has 0 radical (unpaired) electrons. The van der Waals surface area contributed by atoms with E-state index in [9.17, 15) is 10.1 Å². The lowest BCUT2D eigenvalue weighted by atomic mass is 10.3. The standard InChI is InChI=1S/C8H8N2O2/c1-7-3-2-4-8(9-7)5-6-10(11)12/h2-6H,1H3. The Labute approximate surface area is 69.7 Å². The Morgan fingerprint density at radius 3 is 2.92 bits per heavy atom. The lowest BCUT2D eigenvalue weighted by molar-refractivity contribution is -0.401. The number of nitro groups is 1. The molecule has 0 aromatic carbocycles. The van der Waals surface area contributed by atoms with Gasteiger partial charge in [0.05, 0.1) is 10.6 Å². The second kappa shape index (κ2) is 3.61. The molecule has 1 heterocycles. The molecule has 0 aliphatic heterocycles. The van der Waals surface area contributed by atoms with Crippen molar-refractivity contribution in [1.29, 1.82) is 0 Å². The van der Waals surface area contributed by atoms with Gasteiger partial charge in [0.15, 0.2) is 0 Å². The molecule has 0 bridgehead atoms. The van der Waals surface area contributed by atoms with Crippen molar-refractivity contribution in [3.63, 3.8) is 0 Å². The first-order chi connectivity index (χ1) is 5.68. The fraction of sp³-hybridized carbons (Fsp3) is 0.125. The lowest BCUT2D eigenvalue weighted by Crippen LogP contribution is -1.86. The maximum absolute atomic E-state index is 9.95. The number of rotatable bonds is 2. The molecule has 62 valence electrons. The van der Waals surface area contributed by atoms with E-state index in [2.05, 4.69) is 4.98 Å². The highest BCUT2D eigenvalue weighted by Crippen LogP contribution is 1.99. The van der Waals surface area contributed by atoms with Crippen molar-refractivity contribution in [2.24, 2.45) is 0 Å². The summed E-state index contributed by atoms with van der Waals surface area (Å²) in [6.45, 7) is 1.84. The number of nitrogens with zero attached hydrogens (tertiary/aromatic N) is 2. The summed E-state index contributed by atoms with van der Waals surface area (Å²) in [5.74, 6) is 0. The van der Waals surface area contributed by atoms with Gasteiger partial charge in [0.1, 0.15) is 0 Å². The number of aromatic nitrogens is 1. The minimum atomic E-state index is -0.510. The number of hydrogen-bond donors (Lipinski definition) is 0. The summed E-state index contributed by atoms with van der Waals surface area (Å²) < 4.78 is 0. The average molecular weight is 164 g/mol. The molecular formula is C8H8N2O2. The quantitative estimate of drug-likeness (QED) is 0.493. The van der Waals surface area contributed by atoms with Gasteiger partial charge in [-0.1, -0.05) is 6.07 Å². The average Bonchev–Trinajstić information content (AvgIpc) is 2.01. The van der Waals surface area contributed by atoms with Crippen LogP contribution in [0.4, 0.5) is 0 Å². The Kier molecular flexibility index (Phi) is 2.53. The largest absolute Gasteiger partial charge is 0.259 e. The first-order valence-electron chi connectivity index (χ1n) is 3.44. The Hall–Kier alpha value is -1.71. The van der Waals surface area contributed by atoms with Crippen LogP contribution in [0.1, 0.15) is 11.4 Å². The highest BCUT2D eigenvalue weighted by atomic mass is 16.6. The van der Waals surface area contributed by atoms with Crippen LogP contribution in [0.3, 0.4) is 0 Å². The predicted molar refractivity (Wildman–Crippen MR) is 45.0 cm³/mol. The van der Waals surface area contributed by atoms with Crippen molar-refractivity contribution in [3.8, 4) is 0 Å². The first kappa shape index (κ1) is 8.39. The van der Waals surface area contributed by atoms with Gasteiger partial charge >= 0.3 is 0 Å². The third-order valence-electron chi connectivity index (χ3n) is 1.28. The Balaban J connectivity index is 2.83. The molecule has 0 spiro atoms. The van der Waals surface area contributed by atoms with Crippen LogP contribution in [0.2, 0.25) is 0 Å². The summed E-state index contributed by atoms with van der Waals surface area (Å²) in [4.78, 5) is 13.5. The third kappa shape index (κ3) is 2.49. The van der Waals surface area contributed by atoms with Crippen LogP contribution in [-0.2, 0) is 0 Å². The van der Waals surface area contributed by atoms with Crippen molar-refractivity contribution >= 4 is 6.08 Å². The first-order valence-corrected chi connectivity index (χ1v) is 3.44. The normalized spacial score (nSPS) is 10.4. The van der Waals surface area contributed by atoms with Gasteiger partial charge in [0, 0.05) is 11.8 Å². The molecule has 0 unspecified atom stereocenters. The van der Waals surface area contributed by atoms with Crippen LogP contribution in [-0.4, -0.2) is 9.91 Å². The highest BCUT2D eigenvalue weighted by Gasteiger charge is 1.91. The van der Waals surface area contributed by atoms with Crippen LogP contribution in [0.15, 0.2) is 24.4 Å². The Morgan fingerprint density at radius 1 is 1.58 bits per heavy atom. The number of hydrogen-bond acceptors (Lipinski definition) is 3. The van der Waals surface area contributed by atoms with Gasteiger partial charge in [-0.15, -0.1) is 0 Å². The SMILES string of the molecule is Cc1cccc(C=C[N+](=O)[O-])n1. The smallest absolute Gasteiger partial charge is 0.236 e.